The van der Waals surface area contributed by atoms with E-state index in [-0.39, 0.29) is 11.6 Å². The quantitative estimate of drug-likeness (QED) is 0.507. The topological polar surface area (TPSA) is 62.8 Å². The Hall–Kier alpha value is -3.53. The highest BCUT2D eigenvalue weighted by Gasteiger charge is 2.29. The maximum atomic E-state index is 12.8. The standard InChI is InChI=1S/C21H12N2O2/c24-19-13-5-1-2-6-14(13)20(25)16-11-12(9-10-15(16)19)21-22-17-7-3-4-8-18(17)23-21/h1-11H,(H,22,23). The van der Waals surface area contributed by atoms with Gasteiger partial charge in [-0.2, -0.15) is 0 Å². The van der Waals surface area contributed by atoms with Gasteiger partial charge in [0.05, 0.1) is 11.0 Å². The molecule has 0 spiro atoms. The summed E-state index contributed by atoms with van der Waals surface area (Å²) >= 11 is 0. The molecule has 0 saturated heterocycles. The molecule has 0 amide bonds. The average molecular weight is 324 g/mol. The first-order valence-electron chi connectivity index (χ1n) is 8.00. The molecule has 0 unspecified atom stereocenters. The average Bonchev–Trinajstić information content (AvgIpc) is 3.10. The lowest BCUT2D eigenvalue weighted by Gasteiger charge is -2.17. The Morgan fingerprint density at radius 3 is 2.08 bits per heavy atom. The molecule has 1 aromatic heterocycles. The Morgan fingerprint density at radius 1 is 0.680 bits per heavy atom. The molecule has 5 rings (SSSR count). The number of hydrogen-bond donors (Lipinski definition) is 1. The normalized spacial score (nSPS) is 13.0. The minimum atomic E-state index is -0.122. The van der Waals surface area contributed by atoms with Crippen LogP contribution < -0.4 is 0 Å². The summed E-state index contributed by atoms with van der Waals surface area (Å²) in [5.41, 5.74) is 4.39. The number of rotatable bonds is 1. The Bertz CT molecular complexity index is 1150. The SMILES string of the molecule is O=C1c2ccccc2C(=O)c2cc(-c3nc4ccccc4[nH]3)ccc21. The summed E-state index contributed by atoms with van der Waals surface area (Å²) < 4.78 is 0. The van der Waals surface area contributed by atoms with Crippen LogP contribution in [0.2, 0.25) is 0 Å². The maximum absolute atomic E-state index is 12.8. The first kappa shape index (κ1) is 13.9. The number of imidazole rings is 1. The Balaban J connectivity index is 1.69. The van der Waals surface area contributed by atoms with E-state index in [0.29, 0.717) is 28.1 Å². The molecule has 0 aliphatic heterocycles. The first-order valence-corrected chi connectivity index (χ1v) is 8.00. The summed E-state index contributed by atoms with van der Waals surface area (Å²) in [5.74, 6) is 0.452. The van der Waals surface area contributed by atoms with Gasteiger partial charge >= 0.3 is 0 Å². The van der Waals surface area contributed by atoms with Gasteiger partial charge < -0.3 is 4.98 Å². The minimum absolute atomic E-state index is 0.110. The molecule has 1 N–H and O–H groups in total. The van der Waals surface area contributed by atoms with Crippen molar-refractivity contribution >= 4 is 22.6 Å². The van der Waals surface area contributed by atoms with Crippen LogP contribution in [0.25, 0.3) is 22.4 Å². The van der Waals surface area contributed by atoms with Crippen molar-refractivity contribution < 1.29 is 9.59 Å². The van der Waals surface area contributed by atoms with Crippen LogP contribution in [0.1, 0.15) is 31.8 Å². The molecule has 3 aromatic carbocycles. The van der Waals surface area contributed by atoms with Crippen LogP contribution in [0.5, 0.6) is 0 Å². The molecule has 1 heterocycles. The summed E-state index contributed by atoms with van der Waals surface area (Å²) in [6.45, 7) is 0. The van der Waals surface area contributed by atoms with Gasteiger partial charge in [-0.3, -0.25) is 9.59 Å². The van der Waals surface area contributed by atoms with E-state index in [4.69, 9.17) is 0 Å². The van der Waals surface area contributed by atoms with Crippen LogP contribution in [-0.4, -0.2) is 21.5 Å². The molecule has 1 aliphatic carbocycles. The highest BCUT2D eigenvalue weighted by Crippen LogP contribution is 2.30. The van der Waals surface area contributed by atoms with Crippen LogP contribution in [0.15, 0.2) is 66.7 Å². The number of para-hydroxylation sites is 2. The number of aromatic amines is 1. The number of nitrogens with zero attached hydrogens (tertiary/aromatic N) is 1. The van der Waals surface area contributed by atoms with Crippen LogP contribution in [0.4, 0.5) is 0 Å². The second-order valence-electron chi connectivity index (χ2n) is 6.07. The van der Waals surface area contributed by atoms with E-state index >= 15 is 0 Å². The van der Waals surface area contributed by atoms with Gasteiger partial charge in [-0.15, -0.1) is 0 Å². The number of benzene rings is 3. The fraction of sp³-hybridized carbons (Fsp3) is 0. The Kier molecular flexibility index (Phi) is 2.76. The summed E-state index contributed by atoms with van der Waals surface area (Å²) in [7, 11) is 0. The molecular weight excluding hydrogens is 312 g/mol. The molecule has 1 aliphatic rings. The van der Waals surface area contributed by atoms with Crippen LogP contribution in [0.3, 0.4) is 0 Å². The highest BCUT2D eigenvalue weighted by molar-refractivity contribution is 6.28. The van der Waals surface area contributed by atoms with Crippen molar-refractivity contribution in [1.82, 2.24) is 9.97 Å². The molecule has 0 bridgehead atoms. The third-order valence-corrected chi connectivity index (χ3v) is 4.59. The third-order valence-electron chi connectivity index (χ3n) is 4.59. The van der Waals surface area contributed by atoms with Gasteiger partial charge in [0, 0.05) is 27.8 Å². The number of carbonyl (C=O) groups excluding carboxylic acids is 2. The second-order valence-corrected chi connectivity index (χ2v) is 6.07. The molecule has 0 fully saturated rings. The number of nitrogens with one attached hydrogen (secondary N) is 1. The van der Waals surface area contributed by atoms with E-state index in [9.17, 15) is 9.59 Å². The van der Waals surface area contributed by atoms with Crippen LogP contribution >= 0.6 is 0 Å². The molecule has 118 valence electrons. The van der Waals surface area contributed by atoms with Gasteiger partial charge in [-0.25, -0.2) is 4.98 Å². The largest absolute Gasteiger partial charge is 0.338 e. The van der Waals surface area contributed by atoms with Crippen molar-refractivity contribution in [2.45, 2.75) is 0 Å². The van der Waals surface area contributed by atoms with E-state index in [1.165, 1.54) is 0 Å². The number of ketones is 2. The monoisotopic (exact) mass is 324 g/mol. The number of fused-ring (bicyclic) bond motifs is 3. The highest BCUT2D eigenvalue weighted by atomic mass is 16.1. The molecule has 0 saturated carbocycles. The summed E-state index contributed by atoms with van der Waals surface area (Å²) in [4.78, 5) is 33.3. The zero-order valence-corrected chi connectivity index (χ0v) is 13.1. The van der Waals surface area contributed by atoms with Gasteiger partial charge in [-0.05, 0) is 24.3 Å². The number of carbonyl (C=O) groups is 2. The number of aromatic nitrogens is 2. The van der Waals surface area contributed by atoms with Crippen molar-refractivity contribution in [1.29, 1.82) is 0 Å². The zero-order valence-electron chi connectivity index (χ0n) is 13.1. The molecule has 25 heavy (non-hydrogen) atoms. The van der Waals surface area contributed by atoms with E-state index < -0.39 is 0 Å². The molecule has 4 nitrogen and oxygen atoms in total. The molecule has 4 heteroatoms. The fourth-order valence-corrected chi connectivity index (χ4v) is 3.34. The van der Waals surface area contributed by atoms with Crippen molar-refractivity contribution in [3.8, 4) is 11.4 Å². The summed E-state index contributed by atoms with van der Waals surface area (Å²) in [5, 5.41) is 0. The molecular formula is C21H12N2O2. The minimum Gasteiger partial charge on any atom is -0.338 e. The lowest BCUT2D eigenvalue weighted by atomic mass is 9.83. The van der Waals surface area contributed by atoms with E-state index in [1.807, 2.05) is 30.3 Å². The predicted molar refractivity (Wildman–Crippen MR) is 94.8 cm³/mol. The van der Waals surface area contributed by atoms with Gasteiger partial charge in [0.15, 0.2) is 11.6 Å². The Morgan fingerprint density at radius 2 is 1.32 bits per heavy atom. The summed E-state index contributed by atoms with van der Waals surface area (Å²) in [6.07, 6.45) is 0. The molecule has 0 atom stereocenters. The number of hydrogen-bond acceptors (Lipinski definition) is 3. The van der Waals surface area contributed by atoms with E-state index in [2.05, 4.69) is 9.97 Å². The predicted octanol–water partition coefficient (Wildman–Crippen LogP) is 4.01. The van der Waals surface area contributed by atoms with Crippen LogP contribution in [0, 0.1) is 0 Å². The van der Waals surface area contributed by atoms with Crippen molar-refractivity contribution in [2.75, 3.05) is 0 Å². The number of H-pyrrole nitrogens is 1. The Labute approximate surface area is 143 Å². The van der Waals surface area contributed by atoms with E-state index in [0.717, 1.165) is 16.6 Å². The maximum Gasteiger partial charge on any atom is 0.194 e. The smallest absolute Gasteiger partial charge is 0.194 e. The van der Waals surface area contributed by atoms with Crippen molar-refractivity contribution in [3.63, 3.8) is 0 Å². The van der Waals surface area contributed by atoms with E-state index in [1.54, 1.807) is 36.4 Å². The van der Waals surface area contributed by atoms with Gasteiger partial charge in [-0.1, -0.05) is 42.5 Å². The fourth-order valence-electron chi connectivity index (χ4n) is 3.34. The lowest BCUT2D eigenvalue weighted by molar-refractivity contribution is 0.0979. The van der Waals surface area contributed by atoms with Gasteiger partial charge in [0.25, 0.3) is 0 Å². The van der Waals surface area contributed by atoms with Gasteiger partial charge in [0.2, 0.25) is 0 Å². The van der Waals surface area contributed by atoms with Crippen molar-refractivity contribution in [2.24, 2.45) is 0 Å². The first-order chi connectivity index (χ1) is 12.2. The molecule has 4 aromatic rings. The lowest BCUT2D eigenvalue weighted by Crippen LogP contribution is -2.20. The van der Waals surface area contributed by atoms with Crippen molar-refractivity contribution in [3.05, 3.63) is 89.0 Å². The van der Waals surface area contributed by atoms with Gasteiger partial charge in [0.1, 0.15) is 5.82 Å². The third kappa shape index (κ3) is 1.97. The van der Waals surface area contributed by atoms with Crippen LogP contribution in [-0.2, 0) is 0 Å². The zero-order chi connectivity index (χ0) is 17.0. The second kappa shape index (κ2) is 4.98. The summed E-state index contributed by atoms with van der Waals surface area (Å²) in [6, 6.07) is 20.0. The molecule has 0 radical (unpaired) electrons.